The average Bonchev–Trinajstić information content (AvgIpc) is 2.61. The zero-order chi connectivity index (χ0) is 19.4. The maximum Gasteiger partial charge on any atom is 0.416 e. The summed E-state index contributed by atoms with van der Waals surface area (Å²) >= 11 is 0. The standard InChI is InChI=1S/C19H21F3N4O/c1-12-10-16(26-18(23-12)25-14-7-3-2-4-8-14)17(27)24-15-9-5-6-13(11-15)19(20,21)22/h5-6,9-11,14H,2-4,7-8H2,1H3,(H,24,27)(H,23,25,26). The second kappa shape index (κ2) is 7.94. The molecule has 1 aromatic heterocycles. The van der Waals surface area contributed by atoms with Crippen LogP contribution < -0.4 is 10.6 Å². The first-order valence-corrected chi connectivity index (χ1v) is 8.92. The van der Waals surface area contributed by atoms with Crippen LogP contribution in [0.15, 0.2) is 30.3 Å². The Morgan fingerprint density at radius 2 is 1.85 bits per heavy atom. The van der Waals surface area contributed by atoms with Crippen molar-refractivity contribution in [2.45, 2.75) is 51.2 Å². The fraction of sp³-hybridized carbons (Fsp3) is 0.421. The predicted octanol–water partition coefficient (Wildman–Crippen LogP) is 4.80. The third-order valence-corrected chi connectivity index (χ3v) is 4.47. The number of rotatable bonds is 4. The first-order valence-electron chi connectivity index (χ1n) is 8.92. The molecule has 5 nitrogen and oxygen atoms in total. The topological polar surface area (TPSA) is 66.9 Å². The lowest BCUT2D eigenvalue weighted by Gasteiger charge is -2.23. The van der Waals surface area contributed by atoms with Crippen molar-refractivity contribution in [3.8, 4) is 0 Å². The number of aryl methyl sites for hydroxylation is 1. The van der Waals surface area contributed by atoms with Gasteiger partial charge in [0.25, 0.3) is 5.91 Å². The highest BCUT2D eigenvalue weighted by Gasteiger charge is 2.30. The maximum absolute atomic E-state index is 12.8. The molecule has 27 heavy (non-hydrogen) atoms. The van der Waals surface area contributed by atoms with E-state index in [2.05, 4.69) is 20.6 Å². The van der Waals surface area contributed by atoms with Crippen molar-refractivity contribution in [1.29, 1.82) is 0 Å². The van der Waals surface area contributed by atoms with Crippen LogP contribution in [0.1, 0.15) is 53.8 Å². The van der Waals surface area contributed by atoms with Gasteiger partial charge in [-0.05, 0) is 44.0 Å². The van der Waals surface area contributed by atoms with E-state index < -0.39 is 17.6 Å². The van der Waals surface area contributed by atoms with Gasteiger partial charge in [0, 0.05) is 17.4 Å². The molecule has 1 aromatic carbocycles. The Bertz CT molecular complexity index is 817. The molecule has 8 heteroatoms. The number of halogens is 3. The highest BCUT2D eigenvalue weighted by Crippen LogP contribution is 2.30. The van der Waals surface area contributed by atoms with Crippen LogP contribution >= 0.6 is 0 Å². The third-order valence-electron chi connectivity index (χ3n) is 4.47. The van der Waals surface area contributed by atoms with Gasteiger partial charge in [0.15, 0.2) is 0 Å². The highest BCUT2D eigenvalue weighted by atomic mass is 19.4. The minimum absolute atomic E-state index is 0.0629. The number of aromatic nitrogens is 2. The number of anilines is 2. The Labute approximate surface area is 155 Å². The summed E-state index contributed by atoms with van der Waals surface area (Å²) in [7, 11) is 0. The van der Waals surface area contributed by atoms with Gasteiger partial charge in [-0.25, -0.2) is 9.97 Å². The first kappa shape index (κ1) is 19.1. The van der Waals surface area contributed by atoms with Gasteiger partial charge in [-0.15, -0.1) is 0 Å². The van der Waals surface area contributed by atoms with E-state index in [4.69, 9.17) is 0 Å². The van der Waals surface area contributed by atoms with Gasteiger partial charge in [-0.1, -0.05) is 25.3 Å². The van der Waals surface area contributed by atoms with Gasteiger partial charge < -0.3 is 10.6 Å². The number of nitrogens with one attached hydrogen (secondary N) is 2. The van der Waals surface area contributed by atoms with Gasteiger partial charge >= 0.3 is 6.18 Å². The number of alkyl halides is 3. The number of carbonyl (C=O) groups is 1. The Morgan fingerprint density at radius 3 is 2.56 bits per heavy atom. The third kappa shape index (κ3) is 5.18. The second-order valence-corrected chi connectivity index (χ2v) is 6.73. The molecule has 0 radical (unpaired) electrons. The summed E-state index contributed by atoms with van der Waals surface area (Å²) in [6.07, 6.45) is 1.10. The van der Waals surface area contributed by atoms with Crippen molar-refractivity contribution < 1.29 is 18.0 Å². The van der Waals surface area contributed by atoms with Gasteiger partial charge in [0.05, 0.1) is 5.56 Å². The average molecular weight is 378 g/mol. The lowest BCUT2D eigenvalue weighted by Crippen LogP contribution is -2.24. The maximum atomic E-state index is 12.8. The summed E-state index contributed by atoms with van der Waals surface area (Å²) in [6, 6.07) is 6.29. The second-order valence-electron chi connectivity index (χ2n) is 6.73. The van der Waals surface area contributed by atoms with Crippen LogP contribution in [0.3, 0.4) is 0 Å². The molecule has 1 saturated carbocycles. The Morgan fingerprint density at radius 1 is 1.11 bits per heavy atom. The molecule has 0 unspecified atom stereocenters. The van der Waals surface area contributed by atoms with Crippen molar-refractivity contribution in [3.05, 3.63) is 47.3 Å². The summed E-state index contributed by atoms with van der Waals surface area (Å²) in [5.41, 5.74) is -0.0394. The van der Waals surface area contributed by atoms with Gasteiger partial charge in [-0.3, -0.25) is 4.79 Å². The van der Waals surface area contributed by atoms with Gasteiger partial charge in [0.1, 0.15) is 5.69 Å². The van der Waals surface area contributed by atoms with E-state index in [1.807, 2.05) is 0 Å². The zero-order valence-corrected chi connectivity index (χ0v) is 14.9. The fourth-order valence-corrected chi connectivity index (χ4v) is 3.15. The summed E-state index contributed by atoms with van der Waals surface area (Å²) in [6.45, 7) is 1.74. The number of nitrogens with zero attached hydrogens (tertiary/aromatic N) is 2. The minimum Gasteiger partial charge on any atom is -0.351 e. The van der Waals surface area contributed by atoms with E-state index in [0.717, 1.165) is 37.8 Å². The van der Waals surface area contributed by atoms with Crippen molar-refractivity contribution in [1.82, 2.24) is 9.97 Å². The number of carbonyl (C=O) groups excluding carboxylic acids is 1. The van der Waals surface area contributed by atoms with E-state index in [9.17, 15) is 18.0 Å². The van der Waals surface area contributed by atoms with Crippen LogP contribution in [0.5, 0.6) is 0 Å². The summed E-state index contributed by atoms with van der Waals surface area (Å²) in [5.74, 6) is -0.206. The van der Waals surface area contributed by atoms with Crippen molar-refractivity contribution >= 4 is 17.5 Å². The molecule has 144 valence electrons. The lowest BCUT2D eigenvalue weighted by atomic mass is 9.96. The van der Waals surface area contributed by atoms with Crippen molar-refractivity contribution in [3.63, 3.8) is 0 Å². The van der Waals surface area contributed by atoms with Crippen LogP contribution in [-0.4, -0.2) is 21.9 Å². The largest absolute Gasteiger partial charge is 0.416 e. The predicted molar refractivity (Wildman–Crippen MR) is 96.7 cm³/mol. The Balaban J connectivity index is 1.74. The van der Waals surface area contributed by atoms with Crippen molar-refractivity contribution in [2.24, 2.45) is 0 Å². The minimum atomic E-state index is -4.47. The molecule has 3 rings (SSSR count). The molecule has 1 aliphatic rings. The van der Waals surface area contributed by atoms with E-state index >= 15 is 0 Å². The molecule has 0 atom stereocenters. The zero-order valence-electron chi connectivity index (χ0n) is 14.9. The van der Waals surface area contributed by atoms with E-state index in [-0.39, 0.29) is 17.4 Å². The van der Waals surface area contributed by atoms with Crippen LogP contribution in [-0.2, 0) is 6.18 Å². The quantitative estimate of drug-likeness (QED) is 0.802. The molecular weight excluding hydrogens is 357 g/mol. The molecule has 1 amide bonds. The molecule has 0 spiro atoms. The molecule has 1 aliphatic carbocycles. The molecule has 0 aliphatic heterocycles. The van der Waals surface area contributed by atoms with Crippen molar-refractivity contribution in [2.75, 3.05) is 10.6 Å². The fourth-order valence-electron chi connectivity index (χ4n) is 3.15. The monoisotopic (exact) mass is 378 g/mol. The molecule has 1 fully saturated rings. The highest BCUT2D eigenvalue weighted by molar-refractivity contribution is 6.03. The normalized spacial score (nSPS) is 15.4. The molecule has 2 aromatic rings. The van der Waals surface area contributed by atoms with Crippen LogP contribution in [0.25, 0.3) is 0 Å². The van der Waals surface area contributed by atoms with E-state index in [0.29, 0.717) is 11.6 Å². The molecule has 1 heterocycles. The van der Waals surface area contributed by atoms with Crippen LogP contribution in [0.4, 0.5) is 24.8 Å². The van der Waals surface area contributed by atoms with Gasteiger partial charge in [-0.2, -0.15) is 13.2 Å². The molecule has 2 N–H and O–H groups in total. The number of benzene rings is 1. The first-order chi connectivity index (χ1) is 12.8. The molecule has 0 saturated heterocycles. The molecular formula is C19H21F3N4O. The van der Waals surface area contributed by atoms with E-state index in [1.165, 1.54) is 24.6 Å². The number of hydrogen-bond donors (Lipinski definition) is 2. The van der Waals surface area contributed by atoms with E-state index in [1.54, 1.807) is 6.92 Å². The number of hydrogen-bond acceptors (Lipinski definition) is 4. The summed E-state index contributed by atoms with van der Waals surface area (Å²) in [5, 5.41) is 5.73. The molecule has 0 bridgehead atoms. The Hall–Kier alpha value is -2.64. The number of amides is 1. The van der Waals surface area contributed by atoms with Gasteiger partial charge in [0.2, 0.25) is 5.95 Å². The smallest absolute Gasteiger partial charge is 0.351 e. The van der Waals surface area contributed by atoms with Crippen LogP contribution in [0.2, 0.25) is 0 Å². The summed E-state index contributed by atoms with van der Waals surface area (Å²) < 4.78 is 38.4. The Kier molecular flexibility index (Phi) is 5.62. The van der Waals surface area contributed by atoms with Crippen LogP contribution in [0, 0.1) is 6.92 Å². The summed E-state index contributed by atoms with van der Waals surface area (Å²) in [4.78, 5) is 21.0. The SMILES string of the molecule is Cc1cc(C(=O)Nc2cccc(C(F)(F)F)c2)nc(NC2CCCCC2)n1. The lowest BCUT2D eigenvalue weighted by molar-refractivity contribution is -0.137.